The van der Waals surface area contributed by atoms with Crippen molar-refractivity contribution in [2.24, 2.45) is 0 Å². The van der Waals surface area contributed by atoms with E-state index in [-0.39, 0.29) is 0 Å². The standard InChI is InChI=1S/C12H12O3/c13-12(14)6-4-9-3-5-11-10(8-9)2-1-7-15-11/h3-6,8H,1-2,7H2,(H,13,14)/b6-4+. The lowest BCUT2D eigenvalue weighted by Crippen LogP contribution is -2.08. The molecule has 0 saturated carbocycles. The molecule has 2 rings (SSSR count). The van der Waals surface area contributed by atoms with E-state index in [1.807, 2.05) is 18.2 Å². The van der Waals surface area contributed by atoms with Crippen molar-refractivity contribution in [1.29, 1.82) is 0 Å². The first-order valence-electron chi connectivity index (χ1n) is 4.92. The van der Waals surface area contributed by atoms with Gasteiger partial charge in [-0.2, -0.15) is 0 Å². The lowest BCUT2D eigenvalue weighted by Gasteiger charge is -2.17. The number of carbonyl (C=O) groups is 1. The molecule has 1 aromatic rings. The van der Waals surface area contributed by atoms with Crippen molar-refractivity contribution >= 4 is 12.0 Å². The van der Waals surface area contributed by atoms with Crippen molar-refractivity contribution in [2.45, 2.75) is 12.8 Å². The Bertz CT molecular complexity index is 407. The number of aryl methyl sites for hydroxylation is 1. The van der Waals surface area contributed by atoms with Gasteiger partial charge < -0.3 is 9.84 Å². The number of fused-ring (bicyclic) bond motifs is 1. The van der Waals surface area contributed by atoms with E-state index in [4.69, 9.17) is 9.84 Å². The molecule has 78 valence electrons. The number of benzene rings is 1. The van der Waals surface area contributed by atoms with Gasteiger partial charge in [-0.25, -0.2) is 4.79 Å². The third kappa shape index (κ3) is 2.37. The minimum absolute atomic E-state index is 0.775. The zero-order chi connectivity index (χ0) is 10.7. The molecule has 1 aromatic carbocycles. The summed E-state index contributed by atoms with van der Waals surface area (Å²) in [6.07, 6.45) is 4.77. The first-order chi connectivity index (χ1) is 7.25. The SMILES string of the molecule is O=C(O)/C=C/c1ccc2c(c1)CCCO2. The predicted molar refractivity (Wildman–Crippen MR) is 56.9 cm³/mol. The Morgan fingerprint density at radius 1 is 1.47 bits per heavy atom. The summed E-state index contributed by atoms with van der Waals surface area (Å²) >= 11 is 0. The van der Waals surface area contributed by atoms with Gasteiger partial charge in [0, 0.05) is 6.08 Å². The average molecular weight is 204 g/mol. The molecule has 3 nitrogen and oxygen atoms in total. The Morgan fingerprint density at radius 2 is 2.33 bits per heavy atom. The van der Waals surface area contributed by atoms with Crippen molar-refractivity contribution in [2.75, 3.05) is 6.61 Å². The van der Waals surface area contributed by atoms with Crippen LogP contribution in [0.25, 0.3) is 6.08 Å². The molecule has 0 radical (unpaired) electrons. The van der Waals surface area contributed by atoms with Crippen LogP contribution in [-0.2, 0) is 11.2 Å². The first-order valence-corrected chi connectivity index (χ1v) is 4.92. The molecular weight excluding hydrogens is 192 g/mol. The Kier molecular flexibility index (Phi) is 2.72. The lowest BCUT2D eigenvalue weighted by atomic mass is 10.0. The van der Waals surface area contributed by atoms with Gasteiger partial charge in [-0.3, -0.25) is 0 Å². The van der Waals surface area contributed by atoms with Crippen LogP contribution in [0.2, 0.25) is 0 Å². The highest BCUT2D eigenvalue weighted by Gasteiger charge is 2.09. The highest BCUT2D eigenvalue weighted by atomic mass is 16.5. The average Bonchev–Trinajstić information content (AvgIpc) is 2.26. The largest absolute Gasteiger partial charge is 0.493 e. The van der Waals surface area contributed by atoms with Crippen LogP contribution < -0.4 is 4.74 Å². The van der Waals surface area contributed by atoms with E-state index in [1.165, 1.54) is 0 Å². The number of rotatable bonds is 2. The van der Waals surface area contributed by atoms with Crippen LogP contribution >= 0.6 is 0 Å². The van der Waals surface area contributed by atoms with Crippen LogP contribution in [0.5, 0.6) is 5.75 Å². The summed E-state index contributed by atoms with van der Waals surface area (Å²) in [7, 11) is 0. The molecule has 0 aromatic heterocycles. The second kappa shape index (κ2) is 4.17. The molecule has 0 saturated heterocycles. The third-order valence-electron chi connectivity index (χ3n) is 2.35. The molecule has 0 bridgehead atoms. The van der Waals surface area contributed by atoms with Crippen molar-refractivity contribution in [1.82, 2.24) is 0 Å². The summed E-state index contributed by atoms with van der Waals surface area (Å²) in [5.74, 6) is -0.00213. The molecule has 0 fully saturated rings. The number of hydrogen-bond acceptors (Lipinski definition) is 2. The topological polar surface area (TPSA) is 46.5 Å². The smallest absolute Gasteiger partial charge is 0.328 e. The highest BCUT2D eigenvalue weighted by molar-refractivity contribution is 5.85. The first kappa shape index (κ1) is 9.77. The van der Waals surface area contributed by atoms with E-state index in [0.29, 0.717) is 0 Å². The van der Waals surface area contributed by atoms with Crippen molar-refractivity contribution in [3.63, 3.8) is 0 Å². The molecule has 1 N–H and O–H groups in total. The van der Waals surface area contributed by atoms with Gasteiger partial charge in [0.05, 0.1) is 6.61 Å². The fourth-order valence-electron chi connectivity index (χ4n) is 1.65. The Hall–Kier alpha value is -1.77. The van der Waals surface area contributed by atoms with Gasteiger partial charge in [0.25, 0.3) is 0 Å². The summed E-state index contributed by atoms with van der Waals surface area (Å²) in [5.41, 5.74) is 2.07. The van der Waals surface area contributed by atoms with E-state index in [0.717, 1.165) is 42.4 Å². The molecule has 0 aliphatic carbocycles. The van der Waals surface area contributed by atoms with Gasteiger partial charge in [0.2, 0.25) is 0 Å². The quantitative estimate of drug-likeness (QED) is 0.750. The Labute approximate surface area is 88.0 Å². The van der Waals surface area contributed by atoms with Gasteiger partial charge in [-0.1, -0.05) is 6.07 Å². The van der Waals surface area contributed by atoms with Gasteiger partial charge in [-0.15, -0.1) is 0 Å². The molecule has 0 atom stereocenters. The normalized spacial score (nSPS) is 14.7. The second-order valence-corrected chi connectivity index (χ2v) is 3.49. The number of aliphatic carboxylic acids is 1. The Morgan fingerprint density at radius 3 is 3.13 bits per heavy atom. The van der Waals surface area contributed by atoms with E-state index in [2.05, 4.69) is 0 Å². The van der Waals surface area contributed by atoms with Crippen LogP contribution in [0, 0.1) is 0 Å². The molecule has 1 aliphatic heterocycles. The second-order valence-electron chi connectivity index (χ2n) is 3.49. The molecular formula is C12H12O3. The van der Waals surface area contributed by atoms with Crippen molar-refractivity contribution in [3.05, 3.63) is 35.4 Å². The molecule has 1 heterocycles. The van der Waals surface area contributed by atoms with E-state index in [1.54, 1.807) is 6.08 Å². The number of carboxylic acid groups (broad SMARTS) is 1. The summed E-state index contributed by atoms with van der Waals surface area (Å²) in [5, 5.41) is 8.50. The fraction of sp³-hybridized carbons (Fsp3) is 0.250. The summed E-state index contributed by atoms with van der Waals surface area (Å²) in [6.45, 7) is 0.775. The third-order valence-corrected chi connectivity index (χ3v) is 2.35. The molecule has 3 heteroatoms. The molecule has 0 amide bonds. The number of carboxylic acids is 1. The van der Waals surface area contributed by atoms with Gasteiger partial charge >= 0.3 is 5.97 Å². The number of ether oxygens (including phenoxy) is 1. The van der Waals surface area contributed by atoms with Crippen LogP contribution in [0.15, 0.2) is 24.3 Å². The summed E-state index contributed by atoms with van der Waals surface area (Å²) in [4.78, 5) is 10.3. The zero-order valence-corrected chi connectivity index (χ0v) is 8.27. The Balaban J connectivity index is 2.24. The molecule has 15 heavy (non-hydrogen) atoms. The van der Waals surface area contributed by atoms with Gasteiger partial charge in [-0.05, 0) is 42.2 Å². The van der Waals surface area contributed by atoms with Crippen LogP contribution in [-0.4, -0.2) is 17.7 Å². The van der Waals surface area contributed by atoms with Crippen LogP contribution in [0.1, 0.15) is 17.5 Å². The predicted octanol–water partition coefficient (Wildman–Crippen LogP) is 2.11. The minimum atomic E-state index is -0.927. The maximum atomic E-state index is 10.3. The zero-order valence-electron chi connectivity index (χ0n) is 8.27. The minimum Gasteiger partial charge on any atom is -0.493 e. The number of hydrogen-bond donors (Lipinski definition) is 1. The molecule has 0 spiro atoms. The summed E-state index contributed by atoms with van der Waals surface area (Å²) < 4.78 is 5.46. The van der Waals surface area contributed by atoms with Crippen molar-refractivity contribution in [3.8, 4) is 5.75 Å². The molecule has 1 aliphatic rings. The van der Waals surface area contributed by atoms with E-state index < -0.39 is 5.97 Å². The van der Waals surface area contributed by atoms with Crippen LogP contribution in [0.4, 0.5) is 0 Å². The fourth-order valence-corrected chi connectivity index (χ4v) is 1.65. The molecule has 0 unspecified atom stereocenters. The van der Waals surface area contributed by atoms with Crippen LogP contribution in [0.3, 0.4) is 0 Å². The lowest BCUT2D eigenvalue weighted by molar-refractivity contribution is -0.131. The maximum Gasteiger partial charge on any atom is 0.328 e. The maximum absolute atomic E-state index is 10.3. The van der Waals surface area contributed by atoms with Gasteiger partial charge in [0.15, 0.2) is 0 Å². The van der Waals surface area contributed by atoms with Crippen molar-refractivity contribution < 1.29 is 14.6 Å². The van der Waals surface area contributed by atoms with Gasteiger partial charge in [0.1, 0.15) is 5.75 Å². The monoisotopic (exact) mass is 204 g/mol. The highest BCUT2D eigenvalue weighted by Crippen LogP contribution is 2.25. The summed E-state index contributed by atoms with van der Waals surface area (Å²) in [6, 6.07) is 5.74. The van der Waals surface area contributed by atoms with E-state index in [9.17, 15) is 4.79 Å². The van der Waals surface area contributed by atoms with E-state index >= 15 is 0 Å².